The summed E-state index contributed by atoms with van der Waals surface area (Å²) >= 11 is 10.7. The normalized spacial score (nSPS) is 14.8. The molecule has 1 aromatic rings. The molecule has 0 fully saturated rings. The molecule has 0 aliphatic heterocycles. The third-order valence-corrected chi connectivity index (χ3v) is 5.45. The van der Waals surface area contributed by atoms with Crippen molar-refractivity contribution in [3.8, 4) is 0 Å². The molecule has 0 bridgehead atoms. The first kappa shape index (κ1) is 17.5. The van der Waals surface area contributed by atoms with Crippen molar-refractivity contribution in [2.45, 2.75) is 17.9 Å². The van der Waals surface area contributed by atoms with Gasteiger partial charge < -0.3 is 5.73 Å². The predicted molar refractivity (Wildman–Crippen MR) is 86.1 cm³/mol. The number of thiocarbonyl (C=S) groups is 1. The molecule has 2 unspecified atom stereocenters. The molecule has 0 saturated heterocycles. The maximum Gasteiger partial charge on any atom is 0.240 e. The van der Waals surface area contributed by atoms with Gasteiger partial charge in [0.25, 0.3) is 0 Å². The molecule has 2 atom stereocenters. The first-order valence-corrected chi connectivity index (χ1v) is 9.55. The fourth-order valence-corrected chi connectivity index (χ4v) is 4.33. The number of benzene rings is 1. The highest BCUT2D eigenvalue weighted by Gasteiger charge is 2.19. The first-order valence-electron chi connectivity index (χ1n) is 5.55. The molecule has 20 heavy (non-hydrogen) atoms. The Bertz CT molecular complexity index is 646. The summed E-state index contributed by atoms with van der Waals surface area (Å²) in [5.41, 5.74) is 5.88. The van der Waals surface area contributed by atoms with Crippen LogP contribution in [0.1, 0.15) is 12.5 Å². The lowest BCUT2D eigenvalue weighted by Crippen LogP contribution is -2.36. The quantitative estimate of drug-likeness (QED) is 0.744. The van der Waals surface area contributed by atoms with Gasteiger partial charge in [-0.2, -0.15) is 0 Å². The van der Waals surface area contributed by atoms with Gasteiger partial charge in [-0.1, -0.05) is 23.8 Å². The zero-order valence-corrected chi connectivity index (χ0v) is 14.1. The van der Waals surface area contributed by atoms with E-state index in [0.717, 1.165) is 0 Å². The van der Waals surface area contributed by atoms with Gasteiger partial charge in [0, 0.05) is 34.4 Å². The van der Waals surface area contributed by atoms with Crippen LogP contribution in [0.4, 0.5) is 0 Å². The number of hydrogen-bond donors (Lipinski definition) is 2. The Morgan fingerprint density at radius 2 is 2.15 bits per heavy atom. The standard InChI is InChI=1S/C11H15ClN2O3S3/c1-7(6-19(2)15)14-20(16,17)8-3-4-9(11(13)18)10(12)5-8/h3-5,7,14H,6H2,1-2H3,(H2,13,18). The van der Waals surface area contributed by atoms with E-state index in [-0.39, 0.29) is 20.7 Å². The lowest BCUT2D eigenvalue weighted by Gasteiger charge is -2.13. The van der Waals surface area contributed by atoms with Crippen molar-refractivity contribution in [3.05, 3.63) is 28.8 Å². The van der Waals surface area contributed by atoms with Gasteiger partial charge in [-0.25, -0.2) is 13.1 Å². The van der Waals surface area contributed by atoms with Crippen molar-refractivity contribution in [1.29, 1.82) is 0 Å². The van der Waals surface area contributed by atoms with Crippen LogP contribution in [0, 0.1) is 0 Å². The van der Waals surface area contributed by atoms with E-state index in [4.69, 9.17) is 29.6 Å². The Morgan fingerprint density at radius 1 is 1.55 bits per heavy atom. The Kier molecular flexibility index (Phi) is 6.08. The minimum atomic E-state index is -3.72. The summed E-state index contributed by atoms with van der Waals surface area (Å²) in [6.07, 6.45) is 1.51. The van der Waals surface area contributed by atoms with Gasteiger partial charge in [-0.05, 0) is 25.1 Å². The number of halogens is 1. The zero-order chi connectivity index (χ0) is 15.5. The fourth-order valence-electron chi connectivity index (χ4n) is 1.58. The molecule has 0 spiro atoms. The molecule has 0 heterocycles. The minimum Gasteiger partial charge on any atom is -0.389 e. The van der Waals surface area contributed by atoms with Crippen LogP contribution in [0.5, 0.6) is 0 Å². The summed E-state index contributed by atoms with van der Waals surface area (Å²) in [7, 11) is -4.81. The average molecular weight is 355 g/mol. The summed E-state index contributed by atoms with van der Waals surface area (Å²) in [5, 5.41) is 0.173. The molecule has 0 aromatic heterocycles. The molecule has 0 aliphatic rings. The van der Waals surface area contributed by atoms with E-state index in [0.29, 0.717) is 5.56 Å². The van der Waals surface area contributed by atoms with Crippen LogP contribution in [-0.2, 0) is 20.8 Å². The second-order valence-electron chi connectivity index (χ2n) is 4.27. The van der Waals surface area contributed by atoms with Gasteiger partial charge in [-0.3, -0.25) is 4.21 Å². The molecule has 112 valence electrons. The summed E-state index contributed by atoms with van der Waals surface area (Å²) in [5.74, 6) is 0.234. The van der Waals surface area contributed by atoms with Gasteiger partial charge in [0.15, 0.2) is 0 Å². The van der Waals surface area contributed by atoms with Gasteiger partial charge in [0.1, 0.15) is 4.99 Å². The van der Waals surface area contributed by atoms with Gasteiger partial charge in [0.05, 0.1) is 9.92 Å². The van der Waals surface area contributed by atoms with E-state index < -0.39 is 26.9 Å². The highest BCUT2D eigenvalue weighted by Crippen LogP contribution is 2.21. The smallest absolute Gasteiger partial charge is 0.240 e. The fraction of sp³-hybridized carbons (Fsp3) is 0.364. The van der Waals surface area contributed by atoms with Crippen LogP contribution in [0.25, 0.3) is 0 Å². The lowest BCUT2D eigenvalue weighted by atomic mass is 10.2. The molecule has 0 aliphatic carbocycles. The van der Waals surface area contributed by atoms with Gasteiger partial charge in [0.2, 0.25) is 10.0 Å². The number of sulfonamides is 1. The Balaban J connectivity index is 3.02. The van der Waals surface area contributed by atoms with E-state index in [2.05, 4.69) is 4.72 Å². The molecular weight excluding hydrogens is 340 g/mol. The highest BCUT2D eigenvalue weighted by atomic mass is 35.5. The molecule has 0 amide bonds. The van der Waals surface area contributed by atoms with Crippen molar-refractivity contribution < 1.29 is 12.6 Å². The predicted octanol–water partition coefficient (Wildman–Crippen LogP) is 1.02. The number of nitrogens with one attached hydrogen (secondary N) is 1. The van der Waals surface area contributed by atoms with Crippen molar-refractivity contribution >= 4 is 49.6 Å². The number of hydrogen-bond acceptors (Lipinski definition) is 4. The van der Waals surface area contributed by atoms with E-state index >= 15 is 0 Å². The first-order chi connectivity index (χ1) is 9.13. The Hall–Kier alpha value is -0.540. The van der Waals surface area contributed by atoms with Gasteiger partial charge in [-0.15, -0.1) is 0 Å². The van der Waals surface area contributed by atoms with Crippen molar-refractivity contribution in [2.24, 2.45) is 5.73 Å². The van der Waals surface area contributed by atoms with Crippen LogP contribution in [0.15, 0.2) is 23.1 Å². The largest absolute Gasteiger partial charge is 0.389 e. The molecule has 3 N–H and O–H groups in total. The third kappa shape index (κ3) is 4.78. The monoisotopic (exact) mass is 354 g/mol. The zero-order valence-electron chi connectivity index (χ0n) is 10.9. The molecule has 1 rings (SSSR count). The third-order valence-electron chi connectivity index (χ3n) is 2.36. The number of rotatable bonds is 6. The van der Waals surface area contributed by atoms with E-state index in [1.165, 1.54) is 24.5 Å². The maximum atomic E-state index is 12.1. The molecule has 9 heteroatoms. The highest BCUT2D eigenvalue weighted by molar-refractivity contribution is 7.89. The van der Waals surface area contributed by atoms with Crippen molar-refractivity contribution in [3.63, 3.8) is 0 Å². The minimum absolute atomic E-state index is 0.0104. The lowest BCUT2D eigenvalue weighted by molar-refractivity contribution is 0.570. The van der Waals surface area contributed by atoms with Crippen LogP contribution in [0.2, 0.25) is 5.02 Å². The van der Waals surface area contributed by atoms with E-state index in [1.54, 1.807) is 6.92 Å². The van der Waals surface area contributed by atoms with Crippen molar-refractivity contribution in [2.75, 3.05) is 12.0 Å². The summed E-state index contributed by atoms with van der Waals surface area (Å²) in [6, 6.07) is 3.67. The van der Waals surface area contributed by atoms with Crippen LogP contribution >= 0.6 is 23.8 Å². The second-order valence-corrected chi connectivity index (χ2v) is 8.31. The van der Waals surface area contributed by atoms with E-state index in [1.807, 2.05) is 0 Å². The van der Waals surface area contributed by atoms with Gasteiger partial charge >= 0.3 is 0 Å². The summed E-state index contributed by atoms with van der Waals surface area (Å²) < 4.78 is 37.8. The van der Waals surface area contributed by atoms with Crippen LogP contribution < -0.4 is 10.5 Å². The SMILES string of the molecule is CC(CS(C)=O)NS(=O)(=O)c1ccc(C(N)=S)c(Cl)c1. The molecule has 0 saturated carbocycles. The molecule has 5 nitrogen and oxygen atoms in total. The van der Waals surface area contributed by atoms with Crippen LogP contribution in [-0.4, -0.2) is 35.7 Å². The van der Waals surface area contributed by atoms with Crippen LogP contribution in [0.3, 0.4) is 0 Å². The average Bonchev–Trinajstić information content (AvgIpc) is 2.25. The summed E-state index contributed by atoms with van der Waals surface area (Å²) in [4.78, 5) is 0.109. The second kappa shape index (κ2) is 6.95. The summed E-state index contributed by atoms with van der Waals surface area (Å²) in [6.45, 7) is 1.64. The number of nitrogens with two attached hydrogens (primary N) is 1. The Labute approximate surface area is 131 Å². The Morgan fingerprint density at radius 3 is 2.60 bits per heavy atom. The molecule has 0 radical (unpaired) electrons. The molecular formula is C11H15ClN2O3S3. The van der Waals surface area contributed by atoms with E-state index in [9.17, 15) is 12.6 Å². The van der Waals surface area contributed by atoms with Crippen molar-refractivity contribution in [1.82, 2.24) is 4.72 Å². The topological polar surface area (TPSA) is 89.3 Å². The maximum absolute atomic E-state index is 12.1. The molecule has 1 aromatic carbocycles.